The number of carbonyl (C=O) groups excluding carboxylic acids is 1. The van der Waals surface area contributed by atoms with Crippen molar-refractivity contribution < 1.29 is 15.0 Å². The first-order chi connectivity index (χ1) is 10.1. The highest BCUT2D eigenvalue weighted by Crippen LogP contribution is 2.16. The van der Waals surface area contributed by atoms with Crippen molar-refractivity contribution >= 4 is 12.0 Å². The lowest BCUT2D eigenvalue weighted by molar-refractivity contribution is -0.116. The molecule has 2 aromatic rings. The first-order valence-electron chi connectivity index (χ1n) is 6.67. The molecule has 0 aliphatic heterocycles. The number of phenols is 2. The number of hydrogen-bond donors (Lipinski definition) is 3. The second kappa shape index (κ2) is 7.14. The molecule has 21 heavy (non-hydrogen) atoms. The summed E-state index contributed by atoms with van der Waals surface area (Å²) in [6, 6.07) is 13.7. The van der Waals surface area contributed by atoms with Crippen LogP contribution in [0.3, 0.4) is 0 Å². The van der Waals surface area contributed by atoms with E-state index >= 15 is 0 Å². The lowest BCUT2D eigenvalue weighted by atomic mass is 10.1. The second-order valence-corrected chi connectivity index (χ2v) is 4.60. The molecule has 1 amide bonds. The number of para-hydroxylation sites is 1. The fraction of sp³-hybridized carbons (Fsp3) is 0.118. The van der Waals surface area contributed by atoms with Crippen LogP contribution in [-0.2, 0) is 11.2 Å². The van der Waals surface area contributed by atoms with Gasteiger partial charge in [-0.2, -0.15) is 0 Å². The molecule has 3 N–H and O–H groups in total. The molecule has 2 aromatic carbocycles. The molecule has 0 radical (unpaired) electrons. The number of carbonyl (C=O) groups is 1. The highest BCUT2D eigenvalue weighted by Gasteiger charge is 1.99. The van der Waals surface area contributed by atoms with E-state index in [2.05, 4.69) is 5.32 Å². The summed E-state index contributed by atoms with van der Waals surface area (Å²) < 4.78 is 0. The molecule has 0 heterocycles. The maximum absolute atomic E-state index is 11.7. The van der Waals surface area contributed by atoms with E-state index in [0.29, 0.717) is 18.5 Å². The van der Waals surface area contributed by atoms with E-state index in [1.54, 1.807) is 42.5 Å². The molecule has 4 heteroatoms. The monoisotopic (exact) mass is 283 g/mol. The molecular formula is C17H17NO3. The van der Waals surface area contributed by atoms with Gasteiger partial charge in [0.15, 0.2) is 0 Å². The molecule has 0 atom stereocenters. The van der Waals surface area contributed by atoms with Crippen molar-refractivity contribution in [2.24, 2.45) is 0 Å². The zero-order valence-electron chi connectivity index (χ0n) is 11.5. The zero-order chi connectivity index (χ0) is 15.1. The number of amides is 1. The van der Waals surface area contributed by atoms with Crippen molar-refractivity contribution in [2.45, 2.75) is 6.42 Å². The molecule has 0 aromatic heterocycles. The molecule has 0 aliphatic rings. The Kier molecular flexibility index (Phi) is 4.99. The number of phenolic OH excluding ortho intramolecular Hbond substituents is 2. The molecule has 2 rings (SSSR count). The number of rotatable bonds is 5. The molecule has 0 unspecified atom stereocenters. The first kappa shape index (κ1) is 14.7. The lowest BCUT2D eigenvalue weighted by Crippen LogP contribution is -2.23. The Morgan fingerprint density at radius 3 is 2.48 bits per heavy atom. The summed E-state index contributed by atoms with van der Waals surface area (Å²) in [5.74, 6) is 0.163. The SMILES string of the molecule is O=C(/C=C/c1ccccc1O)NCCc1ccc(O)cc1. The van der Waals surface area contributed by atoms with E-state index in [4.69, 9.17) is 0 Å². The predicted molar refractivity (Wildman–Crippen MR) is 82.0 cm³/mol. The van der Waals surface area contributed by atoms with Gasteiger partial charge in [-0.25, -0.2) is 0 Å². The molecule has 0 bridgehead atoms. The van der Waals surface area contributed by atoms with Crippen molar-refractivity contribution in [2.75, 3.05) is 6.54 Å². The summed E-state index contributed by atoms with van der Waals surface area (Å²) in [7, 11) is 0. The van der Waals surface area contributed by atoms with Gasteiger partial charge in [-0.3, -0.25) is 4.79 Å². The molecule has 0 saturated heterocycles. The summed E-state index contributed by atoms with van der Waals surface area (Å²) in [6.07, 6.45) is 3.66. The van der Waals surface area contributed by atoms with Crippen LogP contribution < -0.4 is 5.32 Å². The Bertz CT molecular complexity index is 633. The number of aromatic hydroxyl groups is 2. The van der Waals surface area contributed by atoms with Crippen molar-refractivity contribution in [3.05, 3.63) is 65.7 Å². The number of hydrogen-bond acceptors (Lipinski definition) is 3. The van der Waals surface area contributed by atoms with E-state index in [-0.39, 0.29) is 17.4 Å². The fourth-order valence-corrected chi connectivity index (χ4v) is 1.85. The average Bonchev–Trinajstić information content (AvgIpc) is 2.48. The van der Waals surface area contributed by atoms with E-state index in [0.717, 1.165) is 5.56 Å². The Morgan fingerprint density at radius 1 is 1.05 bits per heavy atom. The van der Waals surface area contributed by atoms with Crippen LogP contribution in [0.4, 0.5) is 0 Å². The van der Waals surface area contributed by atoms with Gasteiger partial charge in [0.25, 0.3) is 0 Å². The molecule has 4 nitrogen and oxygen atoms in total. The van der Waals surface area contributed by atoms with Gasteiger partial charge in [0.05, 0.1) is 0 Å². The van der Waals surface area contributed by atoms with E-state index in [9.17, 15) is 15.0 Å². The van der Waals surface area contributed by atoms with Crippen LogP contribution >= 0.6 is 0 Å². The van der Waals surface area contributed by atoms with Crippen molar-refractivity contribution in [1.29, 1.82) is 0 Å². The largest absolute Gasteiger partial charge is 0.508 e. The van der Waals surface area contributed by atoms with Crippen LogP contribution in [0.1, 0.15) is 11.1 Å². The van der Waals surface area contributed by atoms with Crippen molar-refractivity contribution in [3.8, 4) is 11.5 Å². The second-order valence-electron chi connectivity index (χ2n) is 4.60. The minimum Gasteiger partial charge on any atom is -0.508 e. The molecule has 108 valence electrons. The molecule has 0 aliphatic carbocycles. The first-order valence-corrected chi connectivity index (χ1v) is 6.67. The summed E-state index contributed by atoms with van der Waals surface area (Å²) >= 11 is 0. The normalized spacial score (nSPS) is 10.7. The molecule has 0 spiro atoms. The highest BCUT2D eigenvalue weighted by atomic mass is 16.3. The van der Waals surface area contributed by atoms with Gasteiger partial charge < -0.3 is 15.5 Å². The van der Waals surface area contributed by atoms with E-state index < -0.39 is 0 Å². The highest BCUT2D eigenvalue weighted by molar-refractivity contribution is 5.92. The Balaban J connectivity index is 1.80. The number of nitrogens with one attached hydrogen (secondary N) is 1. The summed E-state index contributed by atoms with van der Waals surface area (Å²) in [5.41, 5.74) is 1.64. The standard InChI is InChI=1S/C17H17NO3/c19-15-8-5-13(6-9-15)11-12-18-17(21)10-7-14-3-1-2-4-16(14)20/h1-10,19-20H,11-12H2,(H,18,21)/b10-7+. The third-order valence-electron chi connectivity index (χ3n) is 3.00. The van der Waals surface area contributed by atoms with Crippen LogP contribution in [0.5, 0.6) is 11.5 Å². The lowest BCUT2D eigenvalue weighted by Gasteiger charge is -2.03. The van der Waals surface area contributed by atoms with Crippen molar-refractivity contribution in [1.82, 2.24) is 5.32 Å². The van der Waals surface area contributed by atoms with E-state index in [1.165, 1.54) is 6.08 Å². The van der Waals surface area contributed by atoms with Crippen LogP contribution in [0.25, 0.3) is 6.08 Å². The fourth-order valence-electron chi connectivity index (χ4n) is 1.85. The Morgan fingerprint density at radius 2 is 1.76 bits per heavy atom. The van der Waals surface area contributed by atoms with Crippen LogP contribution in [0.2, 0.25) is 0 Å². The van der Waals surface area contributed by atoms with E-state index in [1.807, 2.05) is 12.1 Å². The molecule has 0 fully saturated rings. The maximum Gasteiger partial charge on any atom is 0.244 e. The molecule has 0 saturated carbocycles. The minimum absolute atomic E-state index is 0.144. The summed E-state index contributed by atoms with van der Waals surface area (Å²) in [5, 5.41) is 21.5. The third kappa shape index (κ3) is 4.69. The average molecular weight is 283 g/mol. The molecular weight excluding hydrogens is 266 g/mol. The van der Waals surface area contributed by atoms with Gasteiger partial charge >= 0.3 is 0 Å². The topological polar surface area (TPSA) is 69.6 Å². The van der Waals surface area contributed by atoms with Gasteiger partial charge in [0.1, 0.15) is 11.5 Å². The predicted octanol–water partition coefficient (Wildman–Crippen LogP) is 2.47. The summed E-state index contributed by atoms with van der Waals surface area (Å²) in [4.78, 5) is 11.7. The quantitative estimate of drug-likeness (QED) is 0.738. The summed E-state index contributed by atoms with van der Waals surface area (Å²) in [6.45, 7) is 0.509. The van der Waals surface area contributed by atoms with Gasteiger partial charge in [0, 0.05) is 18.2 Å². The zero-order valence-corrected chi connectivity index (χ0v) is 11.5. The van der Waals surface area contributed by atoms with Gasteiger partial charge in [0.2, 0.25) is 5.91 Å². The van der Waals surface area contributed by atoms with Gasteiger partial charge in [-0.05, 0) is 36.3 Å². The van der Waals surface area contributed by atoms with Crippen LogP contribution in [0.15, 0.2) is 54.6 Å². The van der Waals surface area contributed by atoms with Gasteiger partial charge in [-0.15, -0.1) is 0 Å². The number of benzene rings is 2. The van der Waals surface area contributed by atoms with Gasteiger partial charge in [-0.1, -0.05) is 30.3 Å². The van der Waals surface area contributed by atoms with Crippen molar-refractivity contribution in [3.63, 3.8) is 0 Å². The van der Waals surface area contributed by atoms with Crippen LogP contribution in [-0.4, -0.2) is 22.7 Å². The van der Waals surface area contributed by atoms with Crippen LogP contribution in [0, 0.1) is 0 Å². The smallest absolute Gasteiger partial charge is 0.244 e. The Hall–Kier alpha value is -2.75. The minimum atomic E-state index is -0.211. The maximum atomic E-state index is 11.7. The Labute approximate surface area is 123 Å². The third-order valence-corrected chi connectivity index (χ3v) is 3.00.